The molecule has 0 aromatic carbocycles. The van der Waals surface area contributed by atoms with Crippen LogP contribution < -0.4 is 5.32 Å². The second-order valence-corrected chi connectivity index (χ2v) is 5.05. The van der Waals surface area contributed by atoms with E-state index in [9.17, 15) is 4.79 Å². The number of amides is 1. The quantitative estimate of drug-likeness (QED) is 0.686. The molecule has 2 N–H and O–H groups in total. The van der Waals surface area contributed by atoms with Gasteiger partial charge in [-0.3, -0.25) is 4.79 Å². The molecule has 5 nitrogen and oxygen atoms in total. The van der Waals surface area contributed by atoms with E-state index in [0.717, 1.165) is 13.0 Å². The summed E-state index contributed by atoms with van der Waals surface area (Å²) in [7, 11) is 0. The van der Waals surface area contributed by atoms with E-state index in [1.165, 1.54) is 0 Å². The Labute approximate surface area is 109 Å². The molecule has 1 aliphatic heterocycles. The molecule has 0 aliphatic carbocycles. The fraction of sp³-hybridized carbons (Fsp3) is 0.923. The summed E-state index contributed by atoms with van der Waals surface area (Å²) < 4.78 is 5.42. The topological polar surface area (TPSA) is 61.8 Å². The minimum Gasteiger partial charge on any atom is -0.395 e. The third kappa shape index (κ3) is 3.93. The van der Waals surface area contributed by atoms with Gasteiger partial charge in [-0.15, -0.1) is 0 Å². The van der Waals surface area contributed by atoms with E-state index in [0.29, 0.717) is 19.8 Å². The molecule has 106 valence electrons. The van der Waals surface area contributed by atoms with Crippen LogP contribution in [0.5, 0.6) is 0 Å². The molecule has 0 spiro atoms. The fourth-order valence-electron chi connectivity index (χ4n) is 2.27. The molecule has 0 saturated carbocycles. The van der Waals surface area contributed by atoms with Crippen LogP contribution in [-0.2, 0) is 9.53 Å². The van der Waals surface area contributed by atoms with Crippen molar-refractivity contribution in [2.24, 2.45) is 5.92 Å². The van der Waals surface area contributed by atoms with Crippen LogP contribution in [0.3, 0.4) is 0 Å². The van der Waals surface area contributed by atoms with E-state index in [-0.39, 0.29) is 30.5 Å². The van der Waals surface area contributed by atoms with Crippen LogP contribution in [0.15, 0.2) is 0 Å². The van der Waals surface area contributed by atoms with Gasteiger partial charge in [0.25, 0.3) is 0 Å². The molecule has 0 aromatic rings. The first-order chi connectivity index (χ1) is 8.61. The summed E-state index contributed by atoms with van der Waals surface area (Å²) in [6, 6.07) is 0.217. The standard InChI is InChI=1S/C13H26N2O3/c1-4-5-14-12-9-18-8-11(12)13(17)15(6-7-16)10(2)3/h10-12,14,16H,4-9H2,1-3H3. The zero-order valence-corrected chi connectivity index (χ0v) is 11.7. The molecule has 2 unspecified atom stereocenters. The van der Waals surface area contributed by atoms with E-state index in [4.69, 9.17) is 9.84 Å². The minimum absolute atomic E-state index is 0.00452. The molecule has 1 amide bonds. The number of hydrogen-bond acceptors (Lipinski definition) is 4. The second-order valence-electron chi connectivity index (χ2n) is 5.05. The van der Waals surface area contributed by atoms with Gasteiger partial charge in [0.2, 0.25) is 5.91 Å². The zero-order valence-electron chi connectivity index (χ0n) is 11.7. The Morgan fingerprint density at radius 1 is 1.50 bits per heavy atom. The Kier molecular flexibility index (Phi) is 6.60. The maximum Gasteiger partial charge on any atom is 0.229 e. The van der Waals surface area contributed by atoms with Crippen LogP contribution in [0.25, 0.3) is 0 Å². The number of nitrogens with zero attached hydrogens (tertiary/aromatic N) is 1. The average Bonchev–Trinajstić information content (AvgIpc) is 2.80. The third-order valence-corrected chi connectivity index (χ3v) is 3.30. The van der Waals surface area contributed by atoms with Gasteiger partial charge in [0.15, 0.2) is 0 Å². The predicted molar refractivity (Wildman–Crippen MR) is 70.3 cm³/mol. The number of hydrogen-bond donors (Lipinski definition) is 2. The molecule has 18 heavy (non-hydrogen) atoms. The number of carbonyl (C=O) groups is 1. The van der Waals surface area contributed by atoms with Crippen molar-refractivity contribution in [3.63, 3.8) is 0 Å². The Morgan fingerprint density at radius 3 is 2.78 bits per heavy atom. The fourth-order valence-corrected chi connectivity index (χ4v) is 2.27. The smallest absolute Gasteiger partial charge is 0.229 e. The van der Waals surface area contributed by atoms with Crippen LogP contribution in [0.4, 0.5) is 0 Å². The molecule has 1 saturated heterocycles. The number of nitrogens with one attached hydrogen (secondary N) is 1. The highest BCUT2D eigenvalue weighted by molar-refractivity contribution is 5.80. The first-order valence-corrected chi connectivity index (χ1v) is 6.84. The predicted octanol–water partition coefficient (Wildman–Crippen LogP) is 0.230. The lowest BCUT2D eigenvalue weighted by atomic mass is 10.0. The van der Waals surface area contributed by atoms with E-state index >= 15 is 0 Å². The highest BCUT2D eigenvalue weighted by Crippen LogP contribution is 2.18. The summed E-state index contributed by atoms with van der Waals surface area (Å²) in [5.41, 5.74) is 0. The van der Waals surface area contributed by atoms with Crippen molar-refractivity contribution in [3.8, 4) is 0 Å². The molecule has 0 bridgehead atoms. The molecule has 1 rings (SSSR count). The highest BCUT2D eigenvalue weighted by Gasteiger charge is 2.36. The van der Waals surface area contributed by atoms with Crippen molar-refractivity contribution in [1.29, 1.82) is 0 Å². The summed E-state index contributed by atoms with van der Waals surface area (Å²) in [6.45, 7) is 8.43. The summed E-state index contributed by atoms with van der Waals surface area (Å²) >= 11 is 0. The maximum atomic E-state index is 12.4. The molecule has 2 atom stereocenters. The molecular formula is C13H26N2O3. The van der Waals surface area contributed by atoms with Gasteiger partial charge < -0.3 is 20.1 Å². The summed E-state index contributed by atoms with van der Waals surface area (Å²) in [6.07, 6.45) is 1.04. The molecule has 0 radical (unpaired) electrons. The van der Waals surface area contributed by atoms with Crippen molar-refractivity contribution < 1.29 is 14.6 Å². The average molecular weight is 258 g/mol. The molecule has 1 fully saturated rings. The van der Waals surface area contributed by atoms with Gasteiger partial charge in [-0.05, 0) is 26.8 Å². The largest absolute Gasteiger partial charge is 0.395 e. The van der Waals surface area contributed by atoms with Gasteiger partial charge in [0.05, 0.1) is 25.7 Å². The number of aliphatic hydroxyl groups excluding tert-OH is 1. The maximum absolute atomic E-state index is 12.4. The highest BCUT2D eigenvalue weighted by atomic mass is 16.5. The SMILES string of the molecule is CCCNC1COCC1C(=O)N(CCO)C(C)C. The van der Waals surface area contributed by atoms with Crippen LogP contribution in [-0.4, -0.2) is 60.9 Å². The van der Waals surface area contributed by atoms with Crippen LogP contribution in [0, 0.1) is 5.92 Å². The van der Waals surface area contributed by atoms with Crippen molar-refractivity contribution in [2.75, 3.05) is 32.9 Å². The van der Waals surface area contributed by atoms with Gasteiger partial charge in [-0.2, -0.15) is 0 Å². The molecule has 1 aliphatic rings. The Hall–Kier alpha value is -0.650. The van der Waals surface area contributed by atoms with E-state index in [1.54, 1.807) is 4.90 Å². The van der Waals surface area contributed by atoms with Crippen molar-refractivity contribution in [2.45, 2.75) is 39.3 Å². The van der Waals surface area contributed by atoms with Gasteiger partial charge in [-0.25, -0.2) is 0 Å². The lowest BCUT2D eigenvalue weighted by molar-refractivity contribution is -0.138. The van der Waals surface area contributed by atoms with E-state index < -0.39 is 0 Å². The third-order valence-electron chi connectivity index (χ3n) is 3.30. The molecule has 0 aromatic heterocycles. The first-order valence-electron chi connectivity index (χ1n) is 6.84. The van der Waals surface area contributed by atoms with Gasteiger partial charge >= 0.3 is 0 Å². The molecule has 5 heteroatoms. The van der Waals surface area contributed by atoms with Crippen molar-refractivity contribution in [1.82, 2.24) is 10.2 Å². The van der Waals surface area contributed by atoms with Crippen LogP contribution >= 0.6 is 0 Å². The lowest BCUT2D eigenvalue weighted by Gasteiger charge is -2.30. The molecule has 1 heterocycles. The minimum atomic E-state index is -0.120. The van der Waals surface area contributed by atoms with Crippen LogP contribution in [0.1, 0.15) is 27.2 Å². The normalized spacial score (nSPS) is 23.6. The summed E-state index contributed by atoms with van der Waals surface area (Å²) in [4.78, 5) is 14.2. The first kappa shape index (κ1) is 15.4. The molecular weight excluding hydrogens is 232 g/mol. The number of aliphatic hydroxyl groups is 1. The van der Waals surface area contributed by atoms with Gasteiger partial charge in [0.1, 0.15) is 0 Å². The number of ether oxygens (including phenoxy) is 1. The van der Waals surface area contributed by atoms with Crippen molar-refractivity contribution >= 4 is 5.91 Å². The number of carbonyl (C=O) groups excluding carboxylic acids is 1. The Morgan fingerprint density at radius 2 is 2.22 bits per heavy atom. The van der Waals surface area contributed by atoms with Gasteiger partial charge in [0, 0.05) is 18.6 Å². The lowest BCUT2D eigenvalue weighted by Crippen LogP contribution is -2.49. The Balaban J connectivity index is 2.62. The monoisotopic (exact) mass is 258 g/mol. The summed E-state index contributed by atoms with van der Waals surface area (Å²) in [5, 5.41) is 12.4. The number of rotatable bonds is 7. The van der Waals surface area contributed by atoms with Gasteiger partial charge in [-0.1, -0.05) is 6.92 Å². The summed E-state index contributed by atoms with van der Waals surface area (Å²) in [5.74, 6) is -0.0318. The van der Waals surface area contributed by atoms with E-state index in [1.807, 2.05) is 13.8 Å². The second kappa shape index (κ2) is 7.71. The van der Waals surface area contributed by atoms with E-state index in [2.05, 4.69) is 12.2 Å². The Bertz CT molecular complexity index is 259. The van der Waals surface area contributed by atoms with Crippen molar-refractivity contribution in [3.05, 3.63) is 0 Å². The van der Waals surface area contributed by atoms with Crippen LogP contribution in [0.2, 0.25) is 0 Å². The zero-order chi connectivity index (χ0) is 13.5.